The summed E-state index contributed by atoms with van der Waals surface area (Å²) in [4.78, 5) is 11.6. The molecule has 2 aromatic rings. The van der Waals surface area contributed by atoms with Crippen molar-refractivity contribution in [2.75, 3.05) is 11.9 Å². The first-order valence-corrected chi connectivity index (χ1v) is 8.13. The number of nitrogens with zero attached hydrogens (tertiary/aromatic N) is 2. The molecule has 0 fully saturated rings. The highest BCUT2D eigenvalue weighted by Crippen LogP contribution is 2.19. The second-order valence-corrected chi connectivity index (χ2v) is 6.61. The van der Waals surface area contributed by atoms with Gasteiger partial charge in [-0.15, -0.1) is 0 Å². The van der Waals surface area contributed by atoms with E-state index in [2.05, 4.69) is 15.6 Å². The minimum atomic E-state index is -0.391. The van der Waals surface area contributed by atoms with E-state index in [1.807, 2.05) is 39.0 Å². The first-order valence-electron chi connectivity index (χ1n) is 8.13. The first kappa shape index (κ1) is 17.2. The van der Waals surface area contributed by atoms with Crippen molar-refractivity contribution in [1.29, 1.82) is 0 Å². The molecular formula is C17H25N3O3. The van der Waals surface area contributed by atoms with E-state index < -0.39 is 5.60 Å². The number of carbonyl (C=O) groups is 1. The van der Waals surface area contributed by atoms with Crippen molar-refractivity contribution in [3.63, 3.8) is 0 Å². The second kappa shape index (κ2) is 7.94. The highest BCUT2D eigenvalue weighted by Gasteiger charge is 2.15. The molecule has 0 saturated carbocycles. The topological polar surface area (TPSA) is 77.2 Å². The third-order valence-corrected chi connectivity index (χ3v) is 3.33. The van der Waals surface area contributed by atoms with Crippen LogP contribution in [-0.4, -0.2) is 28.4 Å². The molecule has 1 N–H and O–H groups in total. The quantitative estimate of drug-likeness (QED) is 0.587. The maximum absolute atomic E-state index is 11.6. The SMILES string of the molecule is CC(C)(C)OC(=O)CCCCCCNc1cccc2nonc12. The van der Waals surface area contributed by atoms with E-state index in [4.69, 9.17) is 9.37 Å². The van der Waals surface area contributed by atoms with Crippen molar-refractivity contribution in [1.82, 2.24) is 10.3 Å². The molecule has 0 radical (unpaired) electrons. The lowest BCUT2D eigenvalue weighted by molar-refractivity contribution is -0.154. The van der Waals surface area contributed by atoms with Crippen LogP contribution < -0.4 is 5.32 Å². The van der Waals surface area contributed by atoms with Gasteiger partial charge in [0.25, 0.3) is 0 Å². The molecule has 23 heavy (non-hydrogen) atoms. The van der Waals surface area contributed by atoms with Gasteiger partial charge in [0, 0.05) is 13.0 Å². The largest absolute Gasteiger partial charge is 0.460 e. The summed E-state index contributed by atoms with van der Waals surface area (Å²) in [5.41, 5.74) is 2.07. The summed E-state index contributed by atoms with van der Waals surface area (Å²) in [5, 5.41) is 11.1. The van der Waals surface area contributed by atoms with Crippen molar-refractivity contribution in [3.05, 3.63) is 18.2 Å². The number of unbranched alkanes of at least 4 members (excludes halogenated alkanes) is 3. The van der Waals surface area contributed by atoms with Crippen LogP contribution in [0, 0.1) is 0 Å². The lowest BCUT2D eigenvalue weighted by atomic mass is 10.1. The van der Waals surface area contributed by atoms with Gasteiger partial charge in [-0.1, -0.05) is 18.9 Å². The Hall–Kier alpha value is -2.11. The van der Waals surface area contributed by atoms with Gasteiger partial charge < -0.3 is 10.1 Å². The Balaban J connectivity index is 1.58. The number of aromatic nitrogens is 2. The summed E-state index contributed by atoms with van der Waals surface area (Å²) in [5.74, 6) is -0.110. The Kier molecular flexibility index (Phi) is 5.96. The zero-order valence-corrected chi connectivity index (χ0v) is 14.1. The van der Waals surface area contributed by atoms with E-state index in [0.717, 1.165) is 48.9 Å². The molecule has 0 atom stereocenters. The Morgan fingerprint density at radius 2 is 1.96 bits per heavy atom. The molecule has 1 aromatic heterocycles. The molecule has 6 heteroatoms. The number of nitrogens with one attached hydrogen (secondary N) is 1. The van der Waals surface area contributed by atoms with Crippen LogP contribution in [0.2, 0.25) is 0 Å². The summed E-state index contributed by atoms with van der Waals surface area (Å²) in [6, 6.07) is 5.76. The molecule has 1 heterocycles. The number of esters is 1. The van der Waals surface area contributed by atoms with Crippen molar-refractivity contribution in [2.45, 2.75) is 58.5 Å². The van der Waals surface area contributed by atoms with E-state index in [1.165, 1.54) is 0 Å². The summed E-state index contributed by atoms with van der Waals surface area (Å²) in [7, 11) is 0. The fourth-order valence-electron chi connectivity index (χ4n) is 2.31. The summed E-state index contributed by atoms with van der Waals surface area (Å²) in [6.45, 7) is 6.53. The average Bonchev–Trinajstić information content (AvgIpc) is 2.93. The van der Waals surface area contributed by atoms with Crippen LogP contribution in [0.15, 0.2) is 22.8 Å². The minimum Gasteiger partial charge on any atom is -0.460 e. The molecule has 0 saturated heterocycles. The van der Waals surface area contributed by atoms with Crippen LogP contribution in [0.5, 0.6) is 0 Å². The Morgan fingerprint density at radius 3 is 2.74 bits per heavy atom. The Bertz CT molecular complexity index is 631. The number of hydrogen-bond donors (Lipinski definition) is 1. The van der Waals surface area contributed by atoms with Gasteiger partial charge in [-0.2, -0.15) is 0 Å². The summed E-state index contributed by atoms with van der Waals surface area (Å²) in [6.07, 6.45) is 4.50. The zero-order chi connectivity index (χ0) is 16.7. The number of carbonyl (C=O) groups excluding carboxylic acids is 1. The molecule has 0 bridgehead atoms. The number of hydrogen-bond acceptors (Lipinski definition) is 6. The number of ether oxygens (including phenoxy) is 1. The number of rotatable bonds is 8. The highest BCUT2D eigenvalue weighted by atomic mass is 16.6. The first-order chi connectivity index (χ1) is 11.0. The average molecular weight is 319 g/mol. The molecule has 0 aliphatic rings. The molecule has 0 amide bonds. The summed E-state index contributed by atoms with van der Waals surface area (Å²) < 4.78 is 10.0. The molecule has 0 aliphatic carbocycles. The van der Waals surface area contributed by atoms with Gasteiger partial charge in [0.1, 0.15) is 11.1 Å². The van der Waals surface area contributed by atoms with Crippen LogP contribution in [0.3, 0.4) is 0 Å². The Morgan fingerprint density at radius 1 is 1.17 bits per heavy atom. The van der Waals surface area contributed by atoms with Gasteiger partial charge in [0.05, 0.1) is 5.69 Å². The van der Waals surface area contributed by atoms with Crippen molar-refractivity contribution >= 4 is 22.7 Å². The Labute approximate surface area is 136 Å². The standard InChI is InChI=1S/C17H25N3O3/c1-17(2,3)22-15(21)11-6-4-5-7-12-18-13-9-8-10-14-16(13)20-23-19-14/h8-10,18H,4-7,11-12H2,1-3H3. The third kappa shape index (κ3) is 5.88. The van der Waals surface area contributed by atoms with E-state index >= 15 is 0 Å². The van der Waals surface area contributed by atoms with Crippen LogP contribution in [0.1, 0.15) is 52.9 Å². The van der Waals surface area contributed by atoms with E-state index in [1.54, 1.807) is 0 Å². The molecule has 126 valence electrons. The molecule has 6 nitrogen and oxygen atoms in total. The fraction of sp³-hybridized carbons (Fsp3) is 0.588. The lowest BCUT2D eigenvalue weighted by Gasteiger charge is -2.19. The maximum atomic E-state index is 11.6. The van der Waals surface area contributed by atoms with Gasteiger partial charge in [-0.3, -0.25) is 4.79 Å². The monoisotopic (exact) mass is 319 g/mol. The van der Waals surface area contributed by atoms with E-state index in [-0.39, 0.29) is 5.97 Å². The minimum absolute atomic E-state index is 0.110. The van der Waals surface area contributed by atoms with Crippen LogP contribution >= 0.6 is 0 Å². The lowest BCUT2D eigenvalue weighted by Crippen LogP contribution is -2.23. The number of benzene rings is 1. The number of fused-ring (bicyclic) bond motifs is 1. The molecule has 0 unspecified atom stereocenters. The van der Waals surface area contributed by atoms with Crippen LogP contribution in [0.25, 0.3) is 11.0 Å². The number of anilines is 1. The van der Waals surface area contributed by atoms with E-state index in [9.17, 15) is 4.79 Å². The fourth-order valence-corrected chi connectivity index (χ4v) is 2.31. The third-order valence-electron chi connectivity index (χ3n) is 3.33. The van der Waals surface area contributed by atoms with Gasteiger partial charge in [0.2, 0.25) is 0 Å². The van der Waals surface area contributed by atoms with Crippen LogP contribution in [-0.2, 0) is 9.53 Å². The predicted molar refractivity (Wildman–Crippen MR) is 89.2 cm³/mol. The second-order valence-electron chi connectivity index (χ2n) is 6.61. The highest BCUT2D eigenvalue weighted by molar-refractivity contribution is 5.86. The molecule has 2 rings (SSSR count). The van der Waals surface area contributed by atoms with Gasteiger partial charge >= 0.3 is 5.97 Å². The zero-order valence-electron chi connectivity index (χ0n) is 14.1. The maximum Gasteiger partial charge on any atom is 0.306 e. The van der Waals surface area contributed by atoms with Gasteiger partial charge in [0.15, 0.2) is 5.52 Å². The summed E-state index contributed by atoms with van der Waals surface area (Å²) >= 11 is 0. The normalized spacial score (nSPS) is 11.6. The van der Waals surface area contributed by atoms with Gasteiger partial charge in [-0.25, -0.2) is 4.63 Å². The molecule has 1 aromatic carbocycles. The van der Waals surface area contributed by atoms with Crippen molar-refractivity contribution in [3.8, 4) is 0 Å². The molecule has 0 aliphatic heterocycles. The molecule has 0 spiro atoms. The van der Waals surface area contributed by atoms with Crippen molar-refractivity contribution in [2.24, 2.45) is 0 Å². The van der Waals surface area contributed by atoms with Crippen LogP contribution in [0.4, 0.5) is 5.69 Å². The molecular weight excluding hydrogens is 294 g/mol. The smallest absolute Gasteiger partial charge is 0.306 e. The van der Waals surface area contributed by atoms with Crippen molar-refractivity contribution < 1.29 is 14.2 Å². The van der Waals surface area contributed by atoms with E-state index in [0.29, 0.717) is 6.42 Å². The predicted octanol–water partition coefficient (Wildman–Crippen LogP) is 3.93. The van der Waals surface area contributed by atoms with Gasteiger partial charge in [-0.05, 0) is 56.1 Å².